The highest BCUT2D eigenvalue weighted by molar-refractivity contribution is 5.98. The van der Waals surface area contributed by atoms with Crippen molar-refractivity contribution in [1.82, 2.24) is 15.1 Å². The maximum Gasteiger partial charge on any atom is 0.325 e. The highest BCUT2D eigenvalue weighted by Crippen LogP contribution is 2.28. The number of H-pyrrole nitrogens is 1. The molecule has 1 aliphatic carbocycles. The number of esters is 1. The highest BCUT2D eigenvalue weighted by Gasteiger charge is 2.35. The number of nitrogens with zero attached hydrogens (tertiary/aromatic N) is 2. The number of nitrogens with two attached hydrogens (primary N) is 1. The zero-order valence-electron chi connectivity index (χ0n) is 10.2. The second-order valence-electron chi connectivity index (χ2n) is 4.17. The monoisotopic (exact) mass is 252 g/mol. The zero-order valence-corrected chi connectivity index (χ0v) is 10.2. The summed E-state index contributed by atoms with van der Waals surface area (Å²) in [5.74, 6) is -0.712. The van der Waals surface area contributed by atoms with Gasteiger partial charge in [-0.05, 0) is 19.8 Å². The largest absolute Gasteiger partial charge is 0.465 e. The molecule has 7 heteroatoms. The first-order valence-electron chi connectivity index (χ1n) is 5.89. The third kappa shape index (κ3) is 2.61. The van der Waals surface area contributed by atoms with E-state index in [1.807, 2.05) is 0 Å². The van der Waals surface area contributed by atoms with Crippen LogP contribution in [0.15, 0.2) is 6.20 Å². The van der Waals surface area contributed by atoms with Gasteiger partial charge >= 0.3 is 5.97 Å². The van der Waals surface area contributed by atoms with Crippen LogP contribution in [0, 0.1) is 0 Å². The average molecular weight is 252 g/mol. The van der Waals surface area contributed by atoms with E-state index in [1.165, 1.54) is 11.1 Å². The molecule has 3 N–H and O–H groups in total. The minimum atomic E-state index is -0.407. The molecule has 18 heavy (non-hydrogen) atoms. The van der Waals surface area contributed by atoms with Crippen molar-refractivity contribution >= 4 is 17.6 Å². The molecule has 0 atom stereocenters. The molecular formula is C11H16N4O3. The summed E-state index contributed by atoms with van der Waals surface area (Å²) in [5, 5.41) is 6.26. The van der Waals surface area contributed by atoms with Crippen LogP contribution in [0.1, 0.15) is 30.3 Å². The van der Waals surface area contributed by atoms with Crippen molar-refractivity contribution in [2.45, 2.75) is 25.8 Å². The summed E-state index contributed by atoms with van der Waals surface area (Å²) in [6, 6.07) is 0.101. The van der Waals surface area contributed by atoms with E-state index in [0.29, 0.717) is 6.61 Å². The van der Waals surface area contributed by atoms with Gasteiger partial charge in [-0.15, -0.1) is 0 Å². The third-order valence-electron chi connectivity index (χ3n) is 2.74. The Morgan fingerprint density at radius 1 is 1.61 bits per heavy atom. The van der Waals surface area contributed by atoms with Crippen molar-refractivity contribution in [2.75, 3.05) is 18.9 Å². The molecule has 0 spiro atoms. The number of amides is 1. The van der Waals surface area contributed by atoms with Gasteiger partial charge in [-0.2, -0.15) is 5.10 Å². The lowest BCUT2D eigenvalue weighted by atomic mass is 10.3. The lowest BCUT2D eigenvalue weighted by Crippen LogP contribution is -2.38. The SMILES string of the molecule is CCOC(=O)CN(C(=O)c1[nH]ncc1N)C1CC1. The normalized spacial score (nSPS) is 14.3. The molecule has 0 aromatic carbocycles. The fourth-order valence-electron chi connectivity index (χ4n) is 1.71. The van der Waals surface area contributed by atoms with Crippen molar-refractivity contribution in [3.05, 3.63) is 11.9 Å². The van der Waals surface area contributed by atoms with Crippen LogP contribution >= 0.6 is 0 Å². The van der Waals surface area contributed by atoms with Crippen LogP contribution in [0.25, 0.3) is 0 Å². The van der Waals surface area contributed by atoms with Crippen LogP contribution in [0.2, 0.25) is 0 Å². The van der Waals surface area contributed by atoms with E-state index < -0.39 is 5.97 Å². The number of aromatic nitrogens is 2. The summed E-state index contributed by atoms with van der Waals surface area (Å²) in [7, 11) is 0. The van der Waals surface area contributed by atoms with Crippen molar-refractivity contribution in [1.29, 1.82) is 0 Å². The van der Waals surface area contributed by atoms with E-state index in [2.05, 4.69) is 10.2 Å². The van der Waals surface area contributed by atoms with Gasteiger partial charge in [0.2, 0.25) is 0 Å². The number of nitrogens with one attached hydrogen (secondary N) is 1. The molecule has 1 aromatic heterocycles. The molecule has 7 nitrogen and oxygen atoms in total. The minimum Gasteiger partial charge on any atom is -0.465 e. The van der Waals surface area contributed by atoms with E-state index in [-0.39, 0.29) is 29.9 Å². The zero-order chi connectivity index (χ0) is 13.1. The summed E-state index contributed by atoms with van der Waals surface area (Å²) < 4.78 is 4.86. The Kier molecular flexibility index (Phi) is 3.50. The van der Waals surface area contributed by atoms with E-state index in [9.17, 15) is 9.59 Å². The topological polar surface area (TPSA) is 101 Å². The number of carbonyl (C=O) groups excluding carboxylic acids is 2. The van der Waals surface area contributed by atoms with E-state index in [4.69, 9.17) is 10.5 Å². The number of rotatable bonds is 5. The van der Waals surface area contributed by atoms with E-state index in [0.717, 1.165) is 12.8 Å². The predicted octanol–water partition coefficient (Wildman–Crippen LogP) is 0.160. The number of ether oxygens (including phenoxy) is 1. The average Bonchev–Trinajstić information content (AvgIpc) is 3.08. The molecular weight excluding hydrogens is 236 g/mol. The lowest BCUT2D eigenvalue weighted by molar-refractivity contribution is -0.144. The van der Waals surface area contributed by atoms with Gasteiger partial charge in [0.05, 0.1) is 18.5 Å². The maximum absolute atomic E-state index is 12.2. The molecule has 1 aromatic rings. The Morgan fingerprint density at radius 3 is 2.83 bits per heavy atom. The lowest BCUT2D eigenvalue weighted by Gasteiger charge is -2.20. The van der Waals surface area contributed by atoms with Crippen LogP contribution in [0.3, 0.4) is 0 Å². The minimum absolute atomic E-state index is 0.0458. The molecule has 1 saturated carbocycles. The number of hydrogen-bond acceptors (Lipinski definition) is 5. The van der Waals surface area contributed by atoms with Gasteiger partial charge in [0.15, 0.2) is 0 Å². The molecule has 0 unspecified atom stereocenters. The Balaban J connectivity index is 2.08. The van der Waals surface area contributed by atoms with Crippen LogP contribution < -0.4 is 5.73 Å². The van der Waals surface area contributed by atoms with E-state index in [1.54, 1.807) is 6.92 Å². The summed E-state index contributed by atoms with van der Waals surface area (Å²) in [5.41, 5.74) is 6.15. The first kappa shape index (κ1) is 12.4. The Bertz CT molecular complexity index is 453. The molecule has 98 valence electrons. The number of nitrogen functional groups attached to an aromatic ring is 1. The molecule has 0 bridgehead atoms. The first-order valence-corrected chi connectivity index (χ1v) is 5.89. The highest BCUT2D eigenvalue weighted by atomic mass is 16.5. The number of carbonyl (C=O) groups is 2. The Labute approximate surface area is 104 Å². The number of hydrogen-bond donors (Lipinski definition) is 2. The van der Waals surface area contributed by atoms with E-state index >= 15 is 0 Å². The molecule has 2 rings (SSSR count). The Hall–Kier alpha value is -2.05. The van der Waals surface area contributed by atoms with Crippen molar-refractivity contribution in [2.24, 2.45) is 0 Å². The summed E-state index contributed by atoms with van der Waals surface area (Å²) >= 11 is 0. The van der Waals surface area contributed by atoms with Gasteiger partial charge in [-0.25, -0.2) is 0 Å². The molecule has 0 aliphatic heterocycles. The van der Waals surface area contributed by atoms with Crippen LogP contribution in [-0.2, 0) is 9.53 Å². The molecule has 1 heterocycles. The number of aromatic amines is 1. The molecule has 1 amide bonds. The molecule has 1 fully saturated rings. The van der Waals surface area contributed by atoms with Crippen molar-refractivity contribution < 1.29 is 14.3 Å². The second-order valence-corrected chi connectivity index (χ2v) is 4.17. The fraction of sp³-hybridized carbons (Fsp3) is 0.545. The quantitative estimate of drug-likeness (QED) is 0.727. The second kappa shape index (κ2) is 5.07. The van der Waals surface area contributed by atoms with Crippen LogP contribution in [0.4, 0.5) is 5.69 Å². The maximum atomic E-state index is 12.2. The van der Waals surface area contributed by atoms with Crippen LogP contribution in [0.5, 0.6) is 0 Å². The standard InChI is InChI=1S/C11H16N4O3/c1-2-18-9(16)6-15(7-3-4-7)11(17)10-8(12)5-13-14-10/h5,7H,2-4,6,12H2,1H3,(H,13,14). The third-order valence-corrected chi connectivity index (χ3v) is 2.74. The van der Waals surface area contributed by atoms with Gasteiger partial charge in [-0.3, -0.25) is 14.7 Å². The van der Waals surface area contributed by atoms with Gasteiger partial charge in [0.25, 0.3) is 5.91 Å². The van der Waals surface area contributed by atoms with Crippen molar-refractivity contribution in [3.8, 4) is 0 Å². The molecule has 0 radical (unpaired) electrons. The Morgan fingerprint density at radius 2 is 2.33 bits per heavy atom. The van der Waals surface area contributed by atoms with Gasteiger partial charge < -0.3 is 15.4 Å². The fourth-order valence-corrected chi connectivity index (χ4v) is 1.71. The molecule has 1 aliphatic rings. The van der Waals surface area contributed by atoms with Gasteiger partial charge in [0, 0.05) is 6.04 Å². The van der Waals surface area contributed by atoms with Crippen molar-refractivity contribution in [3.63, 3.8) is 0 Å². The van der Waals surface area contributed by atoms with Gasteiger partial charge in [-0.1, -0.05) is 0 Å². The molecule has 0 saturated heterocycles. The number of anilines is 1. The first-order chi connectivity index (χ1) is 8.63. The van der Waals surface area contributed by atoms with Gasteiger partial charge in [0.1, 0.15) is 12.2 Å². The summed E-state index contributed by atoms with van der Waals surface area (Å²) in [6.45, 7) is 1.99. The predicted molar refractivity (Wildman–Crippen MR) is 63.7 cm³/mol. The van der Waals surface area contributed by atoms with Crippen LogP contribution in [-0.4, -0.2) is 46.2 Å². The summed E-state index contributed by atoms with van der Waals surface area (Å²) in [4.78, 5) is 25.2. The summed E-state index contributed by atoms with van der Waals surface area (Å²) in [6.07, 6.45) is 3.18. The smallest absolute Gasteiger partial charge is 0.325 e.